The van der Waals surface area contributed by atoms with Crippen LogP contribution in [0.1, 0.15) is 36.5 Å². The summed E-state index contributed by atoms with van der Waals surface area (Å²) in [6.45, 7) is 3.75. The zero-order valence-corrected chi connectivity index (χ0v) is 14.6. The van der Waals surface area contributed by atoms with Gasteiger partial charge in [-0.05, 0) is 44.0 Å². The Morgan fingerprint density at radius 3 is 2.48 bits per heavy atom. The predicted molar refractivity (Wildman–Crippen MR) is 102 cm³/mol. The Bertz CT molecular complexity index is 723. The molecule has 0 saturated carbocycles. The number of nitrogens with zero attached hydrogens (tertiary/aromatic N) is 2. The van der Waals surface area contributed by atoms with Crippen LogP contribution in [0.4, 0.5) is 5.69 Å². The number of ketones is 1. The van der Waals surface area contributed by atoms with Crippen molar-refractivity contribution in [2.45, 2.75) is 26.2 Å². The van der Waals surface area contributed by atoms with Crippen LogP contribution >= 0.6 is 0 Å². The molecule has 130 valence electrons. The lowest BCUT2D eigenvalue weighted by molar-refractivity contribution is 0.100. The van der Waals surface area contributed by atoms with E-state index < -0.39 is 0 Å². The molecule has 3 rings (SSSR count). The molecule has 0 amide bonds. The van der Waals surface area contributed by atoms with Gasteiger partial charge in [0.1, 0.15) is 11.6 Å². The first kappa shape index (κ1) is 17.2. The second-order valence-electron chi connectivity index (χ2n) is 6.06. The summed E-state index contributed by atoms with van der Waals surface area (Å²) in [7, 11) is 0. The van der Waals surface area contributed by atoms with Crippen molar-refractivity contribution in [3.63, 3.8) is 0 Å². The number of carbonyl (C=O) groups excluding carboxylic acids is 1. The maximum Gasteiger partial charge on any atom is 0.182 e. The number of hydrogen-bond donors (Lipinski definition) is 0. The van der Waals surface area contributed by atoms with Gasteiger partial charge >= 0.3 is 0 Å². The second-order valence-corrected chi connectivity index (χ2v) is 6.06. The minimum absolute atomic E-state index is 0.0998. The third kappa shape index (κ3) is 4.47. The van der Waals surface area contributed by atoms with Crippen molar-refractivity contribution in [3.05, 3.63) is 60.2 Å². The second kappa shape index (κ2) is 8.47. The first-order valence-corrected chi connectivity index (χ1v) is 8.90. The van der Waals surface area contributed by atoms with Crippen molar-refractivity contribution < 1.29 is 9.53 Å². The van der Waals surface area contributed by atoms with Crippen molar-refractivity contribution in [2.75, 3.05) is 24.6 Å². The largest absolute Gasteiger partial charge is 0.494 e. The summed E-state index contributed by atoms with van der Waals surface area (Å²) >= 11 is 0. The zero-order valence-electron chi connectivity index (χ0n) is 14.6. The van der Waals surface area contributed by atoms with Crippen LogP contribution in [-0.4, -0.2) is 31.3 Å². The molecular weight excluding hydrogens is 312 g/mol. The van der Waals surface area contributed by atoms with Gasteiger partial charge in [0.2, 0.25) is 0 Å². The summed E-state index contributed by atoms with van der Waals surface area (Å²) in [5.41, 5.74) is 1.71. The van der Waals surface area contributed by atoms with Gasteiger partial charge in [0, 0.05) is 24.2 Å². The Kier molecular flexibility index (Phi) is 5.83. The fraction of sp³-hybridized carbons (Fsp3) is 0.333. The van der Waals surface area contributed by atoms with Crippen LogP contribution in [0.2, 0.25) is 0 Å². The topological polar surface area (TPSA) is 41.9 Å². The highest BCUT2D eigenvalue weighted by atomic mass is 16.5. The molecule has 0 aliphatic carbocycles. The SMILES string of the molecule is CCOc1ccc(N(CC(=O)c2ccccc2)C2=NCCCC2)cc1. The van der Waals surface area contributed by atoms with Gasteiger partial charge in [0.25, 0.3) is 0 Å². The van der Waals surface area contributed by atoms with E-state index in [1.165, 1.54) is 0 Å². The number of rotatable bonds is 6. The number of anilines is 1. The van der Waals surface area contributed by atoms with Gasteiger partial charge < -0.3 is 9.64 Å². The molecule has 0 unspecified atom stereocenters. The molecule has 2 aromatic carbocycles. The minimum atomic E-state index is 0.0998. The smallest absolute Gasteiger partial charge is 0.182 e. The number of Topliss-reactive ketones (excluding diaryl/α,β-unsaturated/α-hetero) is 1. The van der Waals surface area contributed by atoms with Crippen molar-refractivity contribution in [1.29, 1.82) is 0 Å². The van der Waals surface area contributed by atoms with E-state index in [1.807, 2.05) is 66.4 Å². The van der Waals surface area contributed by atoms with Gasteiger partial charge in [-0.25, -0.2) is 0 Å². The number of benzene rings is 2. The van der Waals surface area contributed by atoms with Crippen molar-refractivity contribution >= 4 is 17.3 Å². The summed E-state index contributed by atoms with van der Waals surface area (Å²) in [5, 5.41) is 0. The molecular formula is C21H24N2O2. The Morgan fingerprint density at radius 2 is 1.84 bits per heavy atom. The number of hydrogen-bond acceptors (Lipinski definition) is 4. The normalized spacial score (nSPS) is 13.9. The molecule has 2 aromatic rings. The van der Waals surface area contributed by atoms with Crippen molar-refractivity contribution in [2.24, 2.45) is 4.99 Å². The molecule has 4 nitrogen and oxygen atoms in total. The molecule has 0 spiro atoms. The van der Waals surface area contributed by atoms with Crippen LogP contribution < -0.4 is 9.64 Å². The van der Waals surface area contributed by atoms with E-state index in [4.69, 9.17) is 4.74 Å². The molecule has 4 heteroatoms. The van der Waals surface area contributed by atoms with E-state index in [0.29, 0.717) is 13.2 Å². The molecule has 0 saturated heterocycles. The van der Waals surface area contributed by atoms with Gasteiger partial charge in [-0.15, -0.1) is 0 Å². The van der Waals surface area contributed by atoms with E-state index in [9.17, 15) is 4.79 Å². The third-order valence-electron chi connectivity index (χ3n) is 4.27. The highest BCUT2D eigenvalue weighted by Gasteiger charge is 2.19. The Balaban J connectivity index is 1.84. The van der Waals surface area contributed by atoms with Crippen LogP contribution in [0.25, 0.3) is 0 Å². The fourth-order valence-electron chi connectivity index (χ4n) is 2.98. The number of aliphatic imine (C=N–C) groups is 1. The van der Waals surface area contributed by atoms with Gasteiger partial charge in [0.05, 0.1) is 13.2 Å². The van der Waals surface area contributed by atoms with E-state index in [0.717, 1.165) is 48.6 Å². The van der Waals surface area contributed by atoms with E-state index in [2.05, 4.69) is 4.99 Å². The molecule has 0 atom stereocenters. The van der Waals surface area contributed by atoms with Gasteiger partial charge in [-0.2, -0.15) is 0 Å². The molecule has 1 aliphatic heterocycles. The van der Waals surface area contributed by atoms with Gasteiger partial charge in [-0.1, -0.05) is 30.3 Å². The minimum Gasteiger partial charge on any atom is -0.494 e. The lowest BCUT2D eigenvalue weighted by atomic mass is 10.1. The van der Waals surface area contributed by atoms with Crippen LogP contribution in [-0.2, 0) is 0 Å². The quantitative estimate of drug-likeness (QED) is 0.736. The predicted octanol–water partition coefficient (Wildman–Crippen LogP) is 4.36. The Labute approximate surface area is 149 Å². The van der Waals surface area contributed by atoms with Crippen molar-refractivity contribution in [3.8, 4) is 5.75 Å². The number of ether oxygens (including phenoxy) is 1. The molecule has 25 heavy (non-hydrogen) atoms. The molecule has 1 aliphatic rings. The number of amidine groups is 1. The zero-order chi connectivity index (χ0) is 17.5. The Morgan fingerprint density at radius 1 is 1.08 bits per heavy atom. The number of carbonyl (C=O) groups is 1. The lowest BCUT2D eigenvalue weighted by Crippen LogP contribution is -2.37. The summed E-state index contributed by atoms with van der Waals surface area (Å²) in [6, 6.07) is 17.3. The van der Waals surface area contributed by atoms with Gasteiger partial charge in [-0.3, -0.25) is 9.79 Å². The summed E-state index contributed by atoms with van der Waals surface area (Å²) < 4.78 is 5.52. The van der Waals surface area contributed by atoms with Crippen molar-refractivity contribution in [1.82, 2.24) is 0 Å². The summed E-state index contributed by atoms with van der Waals surface area (Å²) in [6.07, 6.45) is 3.15. The molecule has 0 fully saturated rings. The van der Waals surface area contributed by atoms with E-state index in [1.54, 1.807) is 0 Å². The molecule has 0 radical (unpaired) electrons. The van der Waals surface area contributed by atoms with Crippen LogP contribution in [0.15, 0.2) is 59.6 Å². The monoisotopic (exact) mass is 336 g/mol. The van der Waals surface area contributed by atoms with E-state index in [-0.39, 0.29) is 5.78 Å². The first-order valence-electron chi connectivity index (χ1n) is 8.90. The maximum atomic E-state index is 12.7. The third-order valence-corrected chi connectivity index (χ3v) is 4.27. The molecule has 0 bridgehead atoms. The average Bonchev–Trinajstić information content (AvgIpc) is 2.68. The molecule has 1 heterocycles. The summed E-state index contributed by atoms with van der Waals surface area (Å²) in [5.74, 6) is 1.94. The van der Waals surface area contributed by atoms with Crippen LogP contribution in [0.5, 0.6) is 5.75 Å². The highest BCUT2D eigenvalue weighted by Crippen LogP contribution is 2.23. The molecule has 0 aromatic heterocycles. The lowest BCUT2D eigenvalue weighted by Gasteiger charge is -2.28. The van der Waals surface area contributed by atoms with Crippen LogP contribution in [0.3, 0.4) is 0 Å². The summed E-state index contributed by atoms with van der Waals surface area (Å²) in [4.78, 5) is 19.4. The average molecular weight is 336 g/mol. The van der Waals surface area contributed by atoms with Gasteiger partial charge in [0.15, 0.2) is 5.78 Å². The Hall–Kier alpha value is -2.62. The van der Waals surface area contributed by atoms with E-state index >= 15 is 0 Å². The standard InChI is InChI=1S/C21H24N2O2/c1-2-25-19-13-11-18(12-14-19)23(21-10-6-7-15-22-21)16-20(24)17-8-4-3-5-9-17/h3-5,8-9,11-14H,2,6-7,10,15-16H2,1H3. The molecule has 0 N–H and O–H groups in total. The fourth-order valence-corrected chi connectivity index (χ4v) is 2.98. The van der Waals surface area contributed by atoms with Crippen LogP contribution in [0, 0.1) is 0 Å². The maximum absolute atomic E-state index is 12.7. The highest BCUT2D eigenvalue weighted by molar-refractivity contribution is 6.07. The first-order chi connectivity index (χ1) is 12.3.